The van der Waals surface area contributed by atoms with Gasteiger partial charge in [0, 0.05) is 31.2 Å². The third kappa shape index (κ3) is 3.32. The Hall–Kier alpha value is -3.03. The van der Waals surface area contributed by atoms with E-state index < -0.39 is 6.04 Å². The Labute approximate surface area is 138 Å². The zero-order valence-electron chi connectivity index (χ0n) is 13.7. The van der Waals surface area contributed by atoms with E-state index in [1.54, 1.807) is 35.6 Å². The van der Waals surface area contributed by atoms with E-state index in [0.29, 0.717) is 17.4 Å². The summed E-state index contributed by atoms with van der Waals surface area (Å²) < 4.78 is 7.07. The van der Waals surface area contributed by atoms with Crippen molar-refractivity contribution < 1.29 is 9.32 Å². The van der Waals surface area contributed by atoms with Gasteiger partial charge in [-0.3, -0.25) is 9.78 Å². The number of nitrogens with zero attached hydrogens (tertiary/aromatic N) is 5. The Morgan fingerprint density at radius 3 is 2.83 bits per heavy atom. The fraction of sp³-hybridized carbons (Fsp3) is 0.312. The minimum atomic E-state index is -0.405. The number of imidazole rings is 1. The van der Waals surface area contributed by atoms with E-state index in [2.05, 4.69) is 25.4 Å². The van der Waals surface area contributed by atoms with Gasteiger partial charge in [-0.1, -0.05) is 19.0 Å². The molecule has 0 aliphatic rings. The molecule has 3 rings (SSSR count). The first kappa shape index (κ1) is 15.9. The van der Waals surface area contributed by atoms with Gasteiger partial charge in [0.05, 0.1) is 6.33 Å². The zero-order valence-corrected chi connectivity index (χ0v) is 13.7. The Kier molecular flexibility index (Phi) is 4.37. The van der Waals surface area contributed by atoms with Gasteiger partial charge >= 0.3 is 0 Å². The van der Waals surface area contributed by atoms with Crippen molar-refractivity contribution in [2.75, 3.05) is 0 Å². The molecule has 0 saturated carbocycles. The molecule has 8 heteroatoms. The minimum absolute atomic E-state index is 0.0693. The Morgan fingerprint density at radius 2 is 2.21 bits per heavy atom. The molecule has 124 valence electrons. The molecule has 0 aliphatic carbocycles. The van der Waals surface area contributed by atoms with E-state index >= 15 is 0 Å². The molecule has 1 N–H and O–H groups in total. The molecule has 0 aliphatic heterocycles. The molecule has 0 aromatic carbocycles. The normalized spacial score (nSPS) is 12.3. The van der Waals surface area contributed by atoms with Crippen LogP contribution in [0.15, 0.2) is 41.6 Å². The standard InChI is InChI=1S/C16H18N6O2/c1-10(2)13(19-15(23)12-8-22(3)9-18-12)16-20-14(21-24-16)11-5-4-6-17-7-11/h4-10,13H,1-3H3,(H,19,23)/t13-/m1/s1. The largest absolute Gasteiger partial charge is 0.340 e. The Morgan fingerprint density at radius 1 is 1.38 bits per heavy atom. The molecule has 0 fully saturated rings. The lowest BCUT2D eigenvalue weighted by Gasteiger charge is -2.17. The summed E-state index contributed by atoms with van der Waals surface area (Å²) in [5.74, 6) is 0.583. The van der Waals surface area contributed by atoms with Crippen LogP contribution in [0.4, 0.5) is 0 Å². The first-order valence-electron chi connectivity index (χ1n) is 7.57. The third-order valence-corrected chi connectivity index (χ3v) is 3.52. The van der Waals surface area contributed by atoms with Crippen LogP contribution in [0.3, 0.4) is 0 Å². The molecule has 3 aromatic heterocycles. The highest BCUT2D eigenvalue weighted by Gasteiger charge is 2.26. The second kappa shape index (κ2) is 6.61. The first-order valence-corrected chi connectivity index (χ1v) is 7.57. The van der Waals surface area contributed by atoms with Crippen LogP contribution in [0.25, 0.3) is 11.4 Å². The SMILES string of the molecule is CC(C)[C@@H](NC(=O)c1cn(C)cn1)c1nc(-c2cccnc2)no1. The van der Waals surface area contributed by atoms with Crippen LogP contribution < -0.4 is 5.32 Å². The maximum Gasteiger partial charge on any atom is 0.272 e. The van der Waals surface area contributed by atoms with Gasteiger partial charge in [-0.05, 0) is 18.1 Å². The summed E-state index contributed by atoms with van der Waals surface area (Å²) in [4.78, 5) is 24.8. The van der Waals surface area contributed by atoms with Crippen LogP contribution in [0.5, 0.6) is 0 Å². The van der Waals surface area contributed by atoms with Crippen molar-refractivity contribution in [2.45, 2.75) is 19.9 Å². The Balaban J connectivity index is 1.81. The highest BCUT2D eigenvalue weighted by molar-refractivity contribution is 5.92. The molecule has 0 unspecified atom stereocenters. The van der Waals surface area contributed by atoms with E-state index in [1.807, 2.05) is 27.0 Å². The quantitative estimate of drug-likeness (QED) is 0.770. The molecule has 0 radical (unpaired) electrons. The molecule has 1 amide bonds. The van der Waals surface area contributed by atoms with Crippen molar-refractivity contribution in [1.82, 2.24) is 30.0 Å². The molecule has 0 bridgehead atoms. The van der Waals surface area contributed by atoms with Crippen molar-refractivity contribution in [3.63, 3.8) is 0 Å². The number of aryl methyl sites for hydroxylation is 1. The molecule has 24 heavy (non-hydrogen) atoms. The van der Waals surface area contributed by atoms with Gasteiger partial charge in [0.15, 0.2) is 0 Å². The zero-order chi connectivity index (χ0) is 17.1. The van der Waals surface area contributed by atoms with Gasteiger partial charge in [0.25, 0.3) is 5.91 Å². The third-order valence-electron chi connectivity index (χ3n) is 3.52. The van der Waals surface area contributed by atoms with Crippen molar-refractivity contribution in [3.05, 3.63) is 48.6 Å². The van der Waals surface area contributed by atoms with Crippen molar-refractivity contribution >= 4 is 5.91 Å². The fourth-order valence-electron chi connectivity index (χ4n) is 2.23. The van der Waals surface area contributed by atoms with Gasteiger partial charge < -0.3 is 14.4 Å². The number of carbonyl (C=O) groups excluding carboxylic acids is 1. The van der Waals surface area contributed by atoms with Crippen LogP contribution in [-0.2, 0) is 7.05 Å². The summed E-state index contributed by atoms with van der Waals surface area (Å²) in [6, 6.07) is 3.24. The number of aromatic nitrogens is 5. The number of amides is 1. The molecule has 3 aromatic rings. The molecular formula is C16H18N6O2. The summed E-state index contributed by atoms with van der Waals surface area (Å²) in [6.45, 7) is 3.94. The lowest BCUT2D eigenvalue weighted by Crippen LogP contribution is -2.32. The van der Waals surface area contributed by atoms with E-state index in [4.69, 9.17) is 4.52 Å². The van der Waals surface area contributed by atoms with Gasteiger partial charge in [0.1, 0.15) is 11.7 Å². The molecule has 0 spiro atoms. The number of carbonyl (C=O) groups is 1. The lowest BCUT2D eigenvalue weighted by molar-refractivity contribution is 0.0909. The minimum Gasteiger partial charge on any atom is -0.340 e. The van der Waals surface area contributed by atoms with Crippen LogP contribution in [0.2, 0.25) is 0 Å². The van der Waals surface area contributed by atoms with Gasteiger partial charge in [-0.2, -0.15) is 4.98 Å². The number of pyridine rings is 1. The van der Waals surface area contributed by atoms with Gasteiger partial charge in [-0.15, -0.1) is 0 Å². The van der Waals surface area contributed by atoms with E-state index in [9.17, 15) is 4.79 Å². The van der Waals surface area contributed by atoms with Crippen molar-refractivity contribution in [2.24, 2.45) is 13.0 Å². The van der Waals surface area contributed by atoms with Crippen molar-refractivity contribution in [3.8, 4) is 11.4 Å². The van der Waals surface area contributed by atoms with Crippen LogP contribution >= 0.6 is 0 Å². The molecular weight excluding hydrogens is 308 g/mol. The number of nitrogens with one attached hydrogen (secondary N) is 1. The predicted molar refractivity (Wildman–Crippen MR) is 85.8 cm³/mol. The van der Waals surface area contributed by atoms with Crippen LogP contribution in [0.1, 0.15) is 36.3 Å². The summed E-state index contributed by atoms with van der Waals surface area (Å²) in [5.41, 5.74) is 1.10. The summed E-state index contributed by atoms with van der Waals surface area (Å²) in [7, 11) is 1.81. The van der Waals surface area contributed by atoms with Crippen molar-refractivity contribution in [1.29, 1.82) is 0 Å². The average Bonchev–Trinajstić information content (AvgIpc) is 3.22. The average molecular weight is 326 g/mol. The topological polar surface area (TPSA) is 98.7 Å². The molecule has 3 heterocycles. The smallest absolute Gasteiger partial charge is 0.272 e. The summed E-state index contributed by atoms with van der Waals surface area (Å²) in [5, 5.41) is 6.88. The van der Waals surface area contributed by atoms with E-state index in [1.165, 1.54) is 0 Å². The second-order valence-corrected chi connectivity index (χ2v) is 5.82. The maximum atomic E-state index is 12.3. The van der Waals surface area contributed by atoms with Crippen LogP contribution in [0, 0.1) is 5.92 Å². The highest BCUT2D eigenvalue weighted by Crippen LogP contribution is 2.23. The second-order valence-electron chi connectivity index (χ2n) is 5.82. The van der Waals surface area contributed by atoms with Gasteiger partial charge in [-0.25, -0.2) is 4.98 Å². The molecule has 1 atom stereocenters. The fourth-order valence-corrected chi connectivity index (χ4v) is 2.23. The summed E-state index contributed by atoms with van der Waals surface area (Å²) >= 11 is 0. The first-order chi connectivity index (χ1) is 11.5. The van der Waals surface area contributed by atoms with E-state index in [-0.39, 0.29) is 11.8 Å². The van der Waals surface area contributed by atoms with E-state index in [0.717, 1.165) is 5.56 Å². The maximum absolute atomic E-state index is 12.3. The lowest BCUT2D eigenvalue weighted by atomic mass is 10.0. The number of rotatable bonds is 5. The van der Waals surface area contributed by atoms with Crippen LogP contribution in [-0.4, -0.2) is 30.6 Å². The predicted octanol–water partition coefficient (Wildman–Crippen LogP) is 1.99. The monoisotopic (exact) mass is 326 g/mol. The number of hydrogen-bond acceptors (Lipinski definition) is 6. The highest BCUT2D eigenvalue weighted by atomic mass is 16.5. The molecule has 8 nitrogen and oxygen atoms in total. The molecule has 0 saturated heterocycles. The summed E-state index contributed by atoms with van der Waals surface area (Å²) in [6.07, 6.45) is 6.56. The Bertz CT molecular complexity index is 824. The van der Waals surface area contributed by atoms with Gasteiger partial charge in [0.2, 0.25) is 11.7 Å². The number of hydrogen-bond donors (Lipinski definition) is 1.